The van der Waals surface area contributed by atoms with Crippen molar-refractivity contribution in [1.82, 2.24) is 10.2 Å². The Morgan fingerprint density at radius 3 is 2.50 bits per heavy atom. The number of benzene rings is 2. The number of rotatable bonds is 6. The average Bonchev–Trinajstić information content (AvgIpc) is 3.15. The van der Waals surface area contributed by atoms with Gasteiger partial charge in [0.25, 0.3) is 5.91 Å². The van der Waals surface area contributed by atoms with Gasteiger partial charge >= 0.3 is 0 Å². The molecule has 0 fully saturated rings. The Morgan fingerprint density at radius 2 is 1.86 bits per heavy atom. The summed E-state index contributed by atoms with van der Waals surface area (Å²) >= 11 is 3.38. The van der Waals surface area contributed by atoms with Crippen molar-refractivity contribution < 1.29 is 13.2 Å². The molecule has 7 nitrogen and oxygen atoms in total. The Balaban J connectivity index is 1.73. The number of sulfonamides is 1. The third-order valence-electron chi connectivity index (χ3n) is 4.09. The molecule has 1 aromatic heterocycles. The lowest BCUT2D eigenvalue weighted by molar-refractivity contribution is 0.102. The van der Waals surface area contributed by atoms with E-state index in [1.54, 1.807) is 38.1 Å². The molecule has 0 saturated carbocycles. The number of hydrogen-bond donors (Lipinski definition) is 3. The fourth-order valence-corrected chi connectivity index (χ4v) is 3.47. The third-order valence-corrected chi connectivity index (χ3v) is 5.91. The van der Waals surface area contributed by atoms with Crippen LogP contribution in [0, 0.1) is 6.92 Å². The highest BCUT2D eigenvalue weighted by Crippen LogP contribution is 2.23. The van der Waals surface area contributed by atoms with Crippen molar-refractivity contribution in [2.45, 2.75) is 13.8 Å². The standard InChI is InChI=1S/C19H19BrN4O3S/c1-3-28(26,27)24-16-9-8-15(10-12(16)2)21-19(25)18-11-17(22-23-18)13-4-6-14(20)7-5-13/h4-11,24H,3H2,1-2H3,(H,21,25)(H,22,23). The molecule has 0 unspecified atom stereocenters. The van der Waals surface area contributed by atoms with Crippen LogP contribution in [0.5, 0.6) is 0 Å². The summed E-state index contributed by atoms with van der Waals surface area (Å²) in [5.41, 5.74) is 3.63. The highest BCUT2D eigenvalue weighted by molar-refractivity contribution is 9.10. The number of halogens is 1. The molecule has 3 N–H and O–H groups in total. The number of aromatic nitrogens is 2. The molecule has 146 valence electrons. The predicted octanol–water partition coefficient (Wildman–Crippen LogP) is 4.16. The van der Waals surface area contributed by atoms with Crippen molar-refractivity contribution in [3.8, 4) is 11.3 Å². The van der Waals surface area contributed by atoms with Crippen molar-refractivity contribution in [2.24, 2.45) is 0 Å². The number of anilines is 2. The molecule has 0 radical (unpaired) electrons. The highest BCUT2D eigenvalue weighted by atomic mass is 79.9. The van der Waals surface area contributed by atoms with Crippen LogP contribution in [-0.4, -0.2) is 30.3 Å². The molecule has 1 amide bonds. The monoisotopic (exact) mass is 462 g/mol. The van der Waals surface area contributed by atoms with E-state index in [2.05, 4.69) is 36.2 Å². The molecule has 2 aromatic carbocycles. The number of hydrogen-bond acceptors (Lipinski definition) is 4. The Morgan fingerprint density at radius 1 is 1.14 bits per heavy atom. The van der Waals surface area contributed by atoms with Crippen molar-refractivity contribution in [3.05, 3.63) is 64.3 Å². The minimum absolute atomic E-state index is 0.00848. The van der Waals surface area contributed by atoms with Gasteiger partial charge < -0.3 is 5.32 Å². The highest BCUT2D eigenvalue weighted by Gasteiger charge is 2.13. The van der Waals surface area contributed by atoms with Gasteiger partial charge in [0.15, 0.2) is 0 Å². The Labute approximate surface area is 171 Å². The second-order valence-electron chi connectivity index (χ2n) is 6.16. The molecule has 0 aliphatic rings. The quantitative estimate of drug-likeness (QED) is 0.511. The van der Waals surface area contributed by atoms with Gasteiger partial charge in [0.1, 0.15) is 5.69 Å². The van der Waals surface area contributed by atoms with E-state index in [-0.39, 0.29) is 11.7 Å². The Kier molecular flexibility index (Phi) is 5.85. The van der Waals surface area contributed by atoms with Crippen LogP contribution in [0.25, 0.3) is 11.3 Å². The SMILES string of the molecule is CCS(=O)(=O)Nc1ccc(NC(=O)c2cc(-c3ccc(Br)cc3)n[nH]2)cc1C. The van der Waals surface area contributed by atoms with E-state index >= 15 is 0 Å². The van der Waals surface area contributed by atoms with Gasteiger partial charge in [-0.05, 0) is 55.8 Å². The fourth-order valence-electron chi connectivity index (χ4n) is 2.50. The first kappa shape index (κ1) is 20.1. The average molecular weight is 463 g/mol. The number of aromatic amines is 1. The number of nitrogens with zero attached hydrogens (tertiary/aromatic N) is 1. The molecule has 3 aromatic rings. The molecule has 28 heavy (non-hydrogen) atoms. The number of aryl methyl sites for hydroxylation is 1. The van der Waals surface area contributed by atoms with Gasteiger partial charge in [-0.1, -0.05) is 28.1 Å². The predicted molar refractivity (Wildman–Crippen MR) is 114 cm³/mol. The maximum absolute atomic E-state index is 12.5. The second-order valence-corrected chi connectivity index (χ2v) is 9.09. The Hall–Kier alpha value is -2.65. The lowest BCUT2D eigenvalue weighted by Gasteiger charge is -2.11. The van der Waals surface area contributed by atoms with Crippen LogP contribution in [0.15, 0.2) is 53.0 Å². The lowest BCUT2D eigenvalue weighted by atomic mass is 10.1. The van der Waals surface area contributed by atoms with E-state index in [0.717, 1.165) is 10.0 Å². The number of carbonyl (C=O) groups excluding carboxylic acids is 1. The zero-order valence-corrected chi connectivity index (χ0v) is 17.7. The summed E-state index contributed by atoms with van der Waals surface area (Å²) in [4.78, 5) is 12.5. The number of carbonyl (C=O) groups is 1. The fraction of sp³-hybridized carbons (Fsp3) is 0.158. The summed E-state index contributed by atoms with van der Waals surface area (Å²) in [6.07, 6.45) is 0. The zero-order chi connectivity index (χ0) is 20.3. The van der Waals surface area contributed by atoms with Crippen LogP contribution >= 0.6 is 15.9 Å². The first-order chi connectivity index (χ1) is 13.3. The molecule has 0 bridgehead atoms. The summed E-state index contributed by atoms with van der Waals surface area (Å²) in [5, 5.41) is 9.70. The van der Waals surface area contributed by atoms with Crippen molar-refractivity contribution >= 4 is 43.2 Å². The smallest absolute Gasteiger partial charge is 0.273 e. The molecule has 0 saturated heterocycles. The van der Waals surface area contributed by atoms with Crippen molar-refractivity contribution in [2.75, 3.05) is 15.8 Å². The molecule has 0 aliphatic heterocycles. The molecule has 1 heterocycles. The summed E-state index contributed by atoms with van der Waals surface area (Å²) in [7, 11) is -3.35. The van der Waals surface area contributed by atoms with Gasteiger partial charge in [-0.15, -0.1) is 0 Å². The van der Waals surface area contributed by atoms with Gasteiger partial charge in [0.2, 0.25) is 10.0 Å². The van der Waals surface area contributed by atoms with Gasteiger partial charge in [0.05, 0.1) is 17.1 Å². The molecular weight excluding hydrogens is 444 g/mol. The molecular formula is C19H19BrN4O3S. The lowest BCUT2D eigenvalue weighted by Crippen LogP contribution is -2.16. The molecule has 0 aliphatic carbocycles. The van der Waals surface area contributed by atoms with Gasteiger partial charge in [0, 0.05) is 15.7 Å². The maximum atomic E-state index is 12.5. The van der Waals surface area contributed by atoms with Crippen LogP contribution in [0.3, 0.4) is 0 Å². The van der Waals surface area contributed by atoms with E-state index in [0.29, 0.717) is 28.3 Å². The van der Waals surface area contributed by atoms with Crippen molar-refractivity contribution in [3.63, 3.8) is 0 Å². The van der Waals surface area contributed by atoms with Crippen molar-refractivity contribution in [1.29, 1.82) is 0 Å². The summed E-state index contributed by atoms with van der Waals surface area (Å²) in [6.45, 7) is 3.34. The van der Waals surface area contributed by atoms with Crippen LogP contribution in [-0.2, 0) is 10.0 Å². The first-order valence-electron chi connectivity index (χ1n) is 8.51. The van der Waals surface area contributed by atoms with E-state index in [1.807, 2.05) is 24.3 Å². The second kappa shape index (κ2) is 8.15. The zero-order valence-electron chi connectivity index (χ0n) is 15.3. The van der Waals surface area contributed by atoms with Crippen LogP contribution in [0.1, 0.15) is 23.0 Å². The summed E-state index contributed by atoms with van der Waals surface area (Å²) < 4.78 is 26.9. The largest absolute Gasteiger partial charge is 0.321 e. The van der Waals surface area contributed by atoms with Gasteiger partial charge in [-0.3, -0.25) is 14.6 Å². The van der Waals surface area contributed by atoms with E-state index in [4.69, 9.17) is 0 Å². The van der Waals surface area contributed by atoms with Crippen LogP contribution in [0.2, 0.25) is 0 Å². The minimum atomic E-state index is -3.35. The Bertz CT molecular complexity index is 1110. The van der Waals surface area contributed by atoms with Crippen LogP contribution < -0.4 is 10.0 Å². The number of amides is 1. The maximum Gasteiger partial charge on any atom is 0.273 e. The normalized spacial score (nSPS) is 11.2. The number of H-pyrrole nitrogens is 1. The van der Waals surface area contributed by atoms with Gasteiger partial charge in [-0.2, -0.15) is 5.10 Å². The third kappa shape index (κ3) is 4.79. The first-order valence-corrected chi connectivity index (χ1v) is 11.0. The van der Waals surface area contributed by atoms with Gasteiger partial charge in [-0.25, -0.2) is 8.42 Å². The minimum Gasteiger partial charge on any atom is -0.321 e. The van der Waals surface area contributed by atoms with E-state index < -0.39 is 10.0 Å². The summed E-state index contributed by atoms with van der Waals surface area (Å²) in [6, 6.07) is 14.3. The molecule has 3 rings (SSSR count). The van der Waals surface area contributed by atoms with E-state index in [1.165, 1.54) is 0 Å². The van der Waals surface area contributed by atoms with E-state index in [9.17, 15) is 13.2 Å². The molecule has 9 heteroatoms. The topological polar surface area (TPSA) is 104 Å². The summed E-state index contributed by atoms with van der Waals surface area (Å²) in [5.74, 6) is -0.344. The van der Waals surface area contributed by atoms with Crippen LogP contribution in [0.4, 0.5) is 11.4 Å². The molecule has 0 spiro atoms. The number of nitrogens with one attached hydrogen (secondary N) is 3. The molecule has 0 atom stereocenters.